The fourth-order valence-electron chi connectivity index (χ4n) is 3.57. The third kappa shape index (κ3) is 4.79. The van der Waals surface area contributed by atoms with Crippen LogP contribution in [0.3, 0.4) is 0 Å². The highest BCUT2D eigenvalue weighted by Gasteiger charge is 2.14. The second kappa shape index (κ2) is 9.40. The van der Waals surface area contributed by atoms with Gasteiger partial charge >= 0.3 is 0 Å². The standard InChI is InChI=1S/C25H20F2N4O3/c26-20-7-1-16(13-21(20)27)25(32)29-17-2-4-18(5-3-17)34-19-6-8-22-23(14-19)30-24(15-28-22)31-9-11-33-12-10-31/h1-8,13-15H,9-12H2,(H,29,32). The van der Waals surface area contributed by atoms with Crippen LogP contribution in [0.5, 0.6) is 11.5 Å². The monoisotopic (exact) mass is 462 g/mol. The minimum Gasteiger partial charge on any atom is -0.457 e. The van der Waals surface area contributed by atoms with Crippen LogP contribution < -0.4 is 15.0 Å². The molecule has 9 heteroatoms. The molecule has 0 saturated carbocycles. The maximum atomic E-state index is 13.4. The van der Waals surface area contributed by atoms with Crippen molar-refractivity contribution >= 4 is 28.4 Å². The molecule has 1 saturated heterocycles. The lowest BCUT2D eigenvalue weighted by atomic mass is 10.2. The van der Waals surface area contributed by atoms with E-state index >= 15 is 0 Å². The van der Waals surface area contributed by atoms with E-state index < -0.39 is 17.5 Å². The third-order valence-corrected chi connectivity index (χ3v) is 5.37. The predicted octanol–water partition coefficient (Wildman–Crippen LogP) is 4.79. The molecule has 2 heterocycles. The molecule has 1 aliphatic heterocycles. The van der Waals surface area contributed by atoms with E-state index in [0.717, 1.165) is 42.1 Å². The summed E-state index contributed by atoms with van der Waals surface area (Å²) in [5, 5.41) is 2.64. The van der Waals surface area contributed by atoms with E-state index in [1.54, 1.807) is 30.5 Å². The molecule has 1 N–H and O–H groups in total. The number of ether oxygens (including phenoxy) is 2. The largest absolute Gasteiger partial charge is 0.457 e. The van der Waals surface area contributed by atoms with Crippen molar-refractivity contribution in [3.63, 3.8) is 0 Å². The zero-order valence-corrected chi connectivity index (χ0v) is 18.0. The average molecular weight is 462 g/mol. The Kier molecular flexibility index (Phi) is 6.01. The number of aromatic nitrogens is 2. The van der Waals surface area contributed by atoms with Gasteiger partial charge in [0.15, 0.2) is 11.6 Å². The maximum Gasteiger partial charge on any atom is 0.255 e. The SMILES string of the molecule is O=C(Nc1ccc(Oc2ccc3ncc(N4CCOCC4)nc3c2)cc1)c1ccc(F)c(F)c1. The lowest BCUT2D eigenvalue weighted by Gasteiger charge is -2.27. The van der Waals surface area contributed by atoms with Crippen molar-refractivity contribution in [2.45, 2.75) is 0 Å². The first-order chi connectivity index (χ1) is 16.5. The van der Waals surface area contributed by atoms with Gasteiger partial charge in [-0.3, -0.25) is 9.78 Å². The molecular formula is C25H20F2N4O3. The zero-order valence-electron chi connectivity index (χ0n) is 18.0. The van der Waals surface area contributed by atoms with E-state index in [2.05, 4.69) is 15.2 Å². The van der Waals surface area contributed by atoms with Gasteiger partial charge in [-0.05, 0) is 54.6 Å². The van der Waals surface area contributed by atoms with Gasteiger partial charge in [0.05, 0.1) is 30.4 Å². The van der Waals surface area contributed by atoms with E-state index in [0.29, 0.717) is 30.4 Å². The second-order valence-electron chi connectivity index (χ2n) is 7.69. The highest BCUT2D eigenvalue weighted by Crippen LogP contribution is 2.27. The molecule has 34 heavy (non-hydrogen) atoms. The van der Waals surface area contributed by atoms with Crippen LogP contribution in [0, 0.1) is 11.6 Å². The van der Waals surface area contributed by atoms with Crippen molar-refractivity contribution in [3.05, 3.63) is 84.1 Å². The number of carbonyl (C=O) groups is 1. The van der Waals surface area contributed by atoms with Crippen LogP contribution in [0.2, 0.25) is 0 Å². The Morgan fingerprint density at radius 1 is 0.912 bits per heavy atom. The molecule has 0 bridgehead atoms. The van der Waals surface area contributed by atoms with Crippen molar-refractivity contribution in [2.24, 2.45) is 0 Å². The van der Waals surface area contributed by atoms with Crippen molar-refractivity contribution in [1.29, 1.82) is 0 Å². The van der Waals surface area contributed by atoms with Crippen LogP contribution in [0.25, 0.3) is 11.0 Å². The molecule has 1 fully saturated rings. The van der Waals surface area contributed by atoms with E-state index in [-0.39, 0.29) is 5.56 Å². The maximum absolute atomic E-state index is 13.4. The topological polar surface area (TPSA) is 76.6 Å². The number of rotatable bonds is 5. The molecule has 0 atom stereocenters. The number of hydrogen-bond acceptors (Lipinski definition) is 6. The van der Waals surface area contributed by atoms with Crippen LogP contribution in [0.15, 0.2) is 66.9 Å². The number of halogens is 2. The Morgan fingerprint density at radius 3 is 2.44 bits per heavy atom. The van der Waals surface area contributed by atoms with Crippen LogP contribution >= 0.6 is 0 Å². The van der Waals surface area contributed by atoms with Crippen molar-refractivity contribution in [2.75, 3.05) is 36.5 Å². The molecule has 172 valence electrons. The van der Waals surface area contributed by atoms with E-state index in [9.17, 15) is 13.6 Å². The molecule has 0 aliphatic carbocycles. The Bertz CT molecular complexity index is 1340. The highest BCUT2D eigenvalue weighted by atomic mass is 19.2. The summed E-state index contributed by atoms with van der Waals surface area (Å²) in [7, 11) is 0. The molecule has 1 amide bonds. The summed E-state index contributed by atoms with van der Waals surface area (Å²) < 4.78 is 37.8. The first-order valence-electron chi connectivity index (χ1n) is 10.7. The molecule has 7 nitrogen and oxygen atoms in total. The Morgan fingerprint density at radius 2 is 1.68 bits per heavy atom. The van der Waals surface area contributed by atoms with Gasteiger partial charge in [-0.1, -0.05) is 0 Å². The summed E-state index contributed by atoms with van der Waals surface area (Å²) in [5.41, 5.74) is 1.99. The molecule has 5 rings (SSSR count). The number of nitrogens with one attached hydrogen (secondary N) is 1. The van der Waals surface area contributed by atoms with Gasteiger partial charge in [-0.25, -0.2) is 13.8 Å². The van der Waals surface area contributed by atoms with Gasteiger partial charge in [-0.15, -0.1) is 0 Å². The van der Waals surface area contributed by atoms with Gasteiger partial charge in [0.2, 0.25) is 0 Å². The lowest BCUT2D eigenvalue weighted by molar-refractivity contribution is 0.102. The number of carbonyl (C=O) groups excluding carboxylic acids is 1. The Hall–Kier alpha value is -4.11. The summed E-state index contributed by atoms with van der Waals surface area (Å²) in [6, 6.07) is 15.2. The number of amides is 1. The normalized spacial score (nSPS) is 13.6. The van der Waals surface area contributed by atoms with Crippen molar-refractivity contribution < 1.29 is 23.0 Å². The summed E-state index contributed by atoms with van der Waals surface area (Å²) in [4.78, 5) is 23.6. The number of morpholine rings is 1. The van der Waals surface area contributed by atoms with Gasteiger partial charge in [-0.2, -0.15) is 0 Å². The minimum absolute atomic E-state index is 0.0212. The van der Waals surface area contributed by atoms with Gasteiger partial charge < -0.3 is 19.7 Å². The average Bonchev–Trinajstić information content (AvgIpc) is 2.87. The second-order valence-corrected chi connectivity index (χ2v) is 7.69. The fraction of sp³-hybridized carbons (Fsp3) is 0.160. The molecule has 1 aromatic heterocycles. The number of anilines is 2. The Labute approximate surface area is 194 Å². The highest BCUT2D eigenvalue weighted by molar-refractivity contribution is 6.04. The number of nitrogens with zero attached hydrogens (tertiary/aromatic N) is 3. The van der Waals surface area contributed by atoms with Gasteiger partial charge in [0.25, 0.3) is 5.91 Å². The molecule has 4 aromatic rings. The summed E-state index contributed by atoms with van der Waals surface area (Å²) in [5.74, 6) is -0.670. The molecule has 0 unspecified atom stereocenters. The van der Waals surface area contributed by atoms with Gasteiger partial charge in [0.1, 0.15) is 17.3 Å². The fourth-order valence-corrected chi connectivity index (χ4v) is 3.57. The van der Waals surface area contributed by atoms with Crippen LogP contribution in [0.1, 0.15) is 10.4 Å². The lowest BCUT2D eigenvalue weighted by Crippen LogP contribution is -2.36. The van der Waals surface area contributed by atoms with Crippen LogP contribution in [-0.2, 0) is 4.74 Å². The van der Waals surface area contributed by atoms with Crippen LogP contribution in [0.4, 0.5) is 20.3 Å². The molecule has 1 aliphatic rings. The van der Waals surface area contributed by atoms with E-state index in [1.807, 2.05) is 18.2 Å². The minimum atomic E-state index is -1.08. The van der Waals surface area contributed by atoms with Crippen LogP contribution in [-0.4, -0.2) is 42.2 Å². The predicted molar refractivity (Wildman–Crippen MR) is 123 cm³/mol. The molecule has 0 radical (unpaired) electrons. The smallest absolute Gasteiger partial charge is 0.255 e. The summed E-state index contributed by atoms with van der Waals surface area (Å²) in [6.45, 7) is 2.88. The molecule has 3 aromatic carbocycles. The quantitative estimate of drug-likeness (QED) is 0.460. The van der Waals surface area contributed by atoms with Crippen molar-refractivity contribution in [3.8, 4) is 11.5 Å². The van der Waals surface area contributed by atoms with Gasteiger partial charge in [0, 0.05) is 30.4 Å². The number of hydrogen-bond donors (Lipinski definition) is 1. The number of benzene rings is 3. The summed E-state index contributed by atoms with van der Waals surface area (Å²) in [6.07, 6.45) is 1.77. The molecule has 0 spiro atoms. The summed E-state index contributed by atoms with van der Waals surface area (Å²) >= 11 is 0. The first kappa shape index (κ1) is 21.7. The molecular weight excluding hydrogens is 442 g/mol. The first-order valence-corrected chi connectivity index (χ1v) is 10.7. The third-order valence-electron chi connectivity index (χ3n) is 5.37. The Balaban J connectivity index is 1.27. The van der Waals surface area contributed by atoms with E-state index in [4.69, 9.17) is 14.5 Å². The van der Waals surface area contributed by atoms with Crippen molar-refractivity contribution in [1.82, 2.24) is 9.97 Å². The van der Waals surface area contributed by atoms with E-state index in [1.165, 1.54) is 6.07 Å². The zero-order chi connectivity index (χ0) is 23.5. The number of fused-ring (bicyclic) bond motifs is 1.